The first-order valence-corrected chi connectivity index (χ1v) is 7.14. The Morgan fingerprint density at radius 3 is 2.62 bits per heavy atom. The van der Waals surface area contributed by atoms with Gasteiger partial charge in [0, 0.05) is 5.02 Å². The van der Waals surface area contributed by atoms with Gasteiger partial charge in [0.15, 0.2) is 0 Å². The quantitative estimate of drug-likeness (QED) is 0.694. The van der Waals surface area contributed by atoms with Gasteiger partial charge in [0.1, 0.15) is 10.5 Å². The predicted molar refractivity (Wildman–Crippen MR) is 81.0 cm³/mol. The number of rotatable bonds is 3. The lowest BCUT2D eigenvalue weighted by Gasteiger charge is -2.06. The fraction of sp³-hybridized carbons (Fsp3) is 0.214. The van der Waals surface area contributed by atoms with Crippen molar-refractivity contribution in [2.45, 2.75) is 19.9 Å². The Balaban J connectivity index is 2.16. The standard InChI is InChI=1S/C14H11Cl2N3O2/c1-2-10-11-12(16)17-14(20)19(13(11)21-18-10)7-8-3-5-9(15)6-4-8/h3-6H,2,7H2,1H3. The number of fused-ring (bicyclic) bond motifs is 1. The third kappa shape index (κ3) is 2.54. The number of nitrogens with zero attached hydrogens (tertiary/aromatic N) is 3. The Morgan fingerprint density at radius 1 is 1.24 bits per heavy atom. The van der Waals surface area contributed by atoms with E-state index < -0.39 is 5.69 Å². The van der Waals surface area contributed by atoms with Gasteiger partial charge in [-0.3, -0.25) is 4.57 Å². The molecule has 2 heterocycles. The maximum absolute atomic E-state index is 12.1. The summed E-state index contributed by atoms with van der Waals surface area (Å²) in [4.78, 5) is 15.9. The Morgan fingerprint density at radius 2 is 1.95 bits per heavy atom. The van der Waals surface area contributed by atoms with Crippen molar-refractivity contribution in [3.63, 3.8) is 0 Å². The van der Waals surface area contributed by atoms with Crippen LogP contribution in [0.1, 0.15) is 18.2 Å². The van der Waals surface area contributed by atoms with Crippen LogP contribution < -0.4 is 5.69 Å². The van der Waals surface area contributed by atoms with E-state index in [2.05, 4.69) is 10.1 Å². The first-order valence-electron chi connectivity index (χ1n) is 6.39. The molecule has 7 heteroatoms. The van der Waals surface area contributed by atoms with E-state index in [9.17, 15) is 4.79 Å². The van der Waals surface area contributed by atoms with E-state index >= 15 is 0 Å². The van der Waals surface area contributed by atoms with E-state index in [4.69, 9.17) is 27.7 Å². The number of hydrogen-bond acceptors (Lipinski definition) is 4. The highest BCUT2D eigenvalue weighted by Crippen LogP contribution is 2.24. The number of benzene rings is 1. The number of aromatic nitrogens is 3. The second-order valence-corrected chi connectivity index (χ2v) is 5.36. The van der Waals surface area contributed by atoms with Gasteiger partial charge in [-0.05, 0) is 24.1 Å². The van der Waals surface area contributed by atoms with Crippen LogP contribution in [0.2, 0.25) is 10.2 Å². The third-order valence-corrected chi connectivity index (χ3v) is 3.74. The molecule has 0 aliphatic carbocycles. The largest absolute Gasteiger partial charge is 0.352 e. The molecular formula is C14H11Cl2N3O2. The summed E-state index contributed by atoms with van der Waals surface area (Å²) in [7, 11) is 0. The molecule has 0 aliphatic rings. The molecule has 2 aromatic heterocycles. The van der Waals surface area contributed by atoms with Gasteiger partial charge < -0.3 is 4.52 Å². The maximum atomic E-state index is 12.1. The van der Waals surface area contributed by atoms with E-state index in [1.54, 1.807) is 12.1 Å². The maximum Gasteiger partial charge on any atom is 0.352 e. The fourth-order valence-corrected chi connectivity index (χ4v) is 2.53. The van der Waals surface area contributed by atoms with Crippen molar-refractivity contribution in [3.8, 4) is 0 Å². The van der Waals surface area contributed by atoms with Gasteiger partial charge in [-0.15, -0.1) is 0 Å². The number of hydrogen-bond donors (Lipinski definition) is 0. The Kier molecular flexibility index (Phi) is 3.69. The lowest BCUT2D eigenvalue weighted by atomic mass is 10.2. The second-order valence-electron chi connectivity index (χ2n) is 4.56. The molecule has 5 nitrogen and oxygen atoms in total. The zero-order valence-electron chi connectivity index (χ0n) is 11.1. The zero-order chi connectivity index (χ0) is 15.0. The molecule has 0 bridgehead atoms. The van der Waals surface area contributed by atoms with E-state index in [0.717, 1.165) is 5.56 Å². The summed E-state index contributed by atoms with van der Waals surface area (Å²) in [6.45, 7) is 2.25. The van der Waals surface area contributed by atoms with Gasteiger partial charge >= 0.3 is 5.69 Å². The second kappa shape index (κ2) is 5.50. The van der Waals surface area contributed by atoms with Crippen LogP contribution in [-0.4, -0.2) is 14.7 Å². The summed E-state index contributed by atoms with van der Waals surface area (Å²) >= 11 is 11.9. The van der Waals surface area contributed by atoms with Crippen LogP contribution in [-0.2, 0) is 13.0 Å². The van der Waals surface area contributed by atoms with Crippen molar-refractivity contribution >= 4 is 34.3 Å². The smallest absolute Gasteiger partial charge is 0.337 e. The van der Waals surface area contributed by atoms with Crippen LogP contribution in [0.15, 0.2) is 33.6 Å². The van der Waals surface area contributed by atoms with Crippen molar-refractivity contribution in [2.24, 2.45) is 0 Å². The molecular weight excluding hydrogens is 313 g/mol. The summed E-state index contributed by atoms with van der Waals surface area (Å²) in [5.41, 5.74) is 1.46. The van der Waals surface area contributed by atoms with Gasteiger partial charge in [-0.25, -0.2) is 4.79 Å². The summed E-state index contributed by atoms with van der Waals surface area (Å²) < 4.78 is 6.70. The molecule has 0 atom stereocenters. The zero-order valence-corrected chi connectivity index (χ0v) is 12.6. The predicted octanol–water partition coefficient (Wildman–Crippen LogP) is 3.30. The number of halogens is 2. The van der Waals surface area contributed by atoms with Crippen molar-refractivity contribution in [3.05, 3.63) is 56.2 Å². The monoisotopic (exact) mass is 323 g/mol. The van der Waals surface area contributed by atoms with Crippen molar-refractivity contribution in [1.82, 2.24) is 14.7 Å². The lowest BCUT2D eigenvalue weighted by Crippen LogP contribution is -2.23. The molecule has 0 saturated heterocycles. The Hall–Kier alpha value is -1.85. The third-order valence-electron chi connectivity index (χ3n) is 3.21. The molecule has 0 spiro atoms. The van der Waals surface area contributed by atoms with Crippen LogP contribution in [0.4, 0.5) is 0 Å². The average molecular weight is 324 g/mol. The molecule has 0 N–H and O–H groups in total. The fourth-order valence-electron chi connectivity index (χ4n) is 2.14. The molecule has 0 radical (unpaired) electrons. The summed E-state index contributed by atoms with van der Waals surface area (Å²) in [5, 5.41) is 5.31. The summed E-state index contributed by atoms with van der Waals surface area (Å²) in [5.74, 6) is 0. The first-order chi connectivity index (χ1) is 10.1. The minimum Gasteiger partial charge on any atom is -0.337 e. The van der Waals surface area contributed by atoms with Crippen LogP contribution in [0.25, 0.3) is 11.1 Å². The summed E-state index contributed by atoms with van der Waals surface area (Å²) in [6, 6.07) is 7.21. The molecule has 0 saturated carbocycles. The Bertz CT molecular complexity index is 853. The SMILES string of the molecule is CCc1noc2c1c(Cl)nc(=O)n2Cc1ccc(Cl)cc1. The van der Waals surface area contributed by atoms with Crippen LogP contribution in [0, 0.1) is 0 Å². The highest BCUT2D eigenvalue weighted by Gasteiger charge is 2.17. The van der Waals surface area contributed by atoms with Gasteiger partial charge in [0.25, 0.3) is 0 Å². The van der Waals surface area contributed by atoms with Crippen LogP contribution in [0.5, 0.6) is 0 Å². The topological polar surface area (TPSA) is 60.9 Å². The molecule has 21 heavy (non-hydrogen) atoms. The average Bonchev–Trinajstić information content (AvgIpc) is 2.89. The highest BCUT2D eigenvalue weighted by atomic mass is 35.5. The van der Waals surface area contributed by atoms with Crippen LogP contribution >= 0.6 is 23.2 Å². The van der Waals surface area contributed by atoms with Gasteiger partial charge in [-0.1, -0.05) is 47.4 Å². The van der Waals surface area contributed by atoms with Gasteiger partial charge in [0.2, 0.25) is 5.71 Å². The van der Waals surface area contributed by atoms with E-state index in [0.29, 0.717) is 34.8 Å². The van der Waals surface area contributed by atoms with Crippen molar-refractivity contribution in [1.29, 1.82) is 0 Å². The van der Waals surface area contributed by atoms with Crippen molar-refractivity contribution < 1.29 is 4.52 Å². The van der Waals surface area contributed by atoms with E-state index in [1.165, 1.54) is 4.57 Å². The van der Waals surface area contributed by atoms with E-state index in [-0.39, 0.29) is 5.15 Å². The van der Waals surface area contributed by atoms with Crippen molar-refractivity contribution in [2.75, 3.05) is 0 Å². The highest BCUT2D eigenvalue weighted by molar-refractivity contribution is 6.34. The minimum absolute atomic E-state index is 0.125. The van der Waals surface area contributed by atoms with Crippen LogP contribution in [0.3, 0.4) is 0 Å². The first kappa shape index (κ1) is 14.1. The molecule has 0 fully saturated rings. The van der Waals surface area contributed by atoms with E-state index in [1.807, 2.05) is 19.1 Å². The Labute approximate surface area is 130 Å². The lowest BCUT2D eigenvalue weighted by molar-refractivity contribution is 0.424. The van der Waals surface area contributed by atoms with Gasteiger partial charge in [0.05, 0.1) is 12.2 Å². The molecule has 0 aliphatic heterocycles. The molecule has 108 valence electrons. The molecule has 1 aromatic carbocycles. The minimum atomic E-state index is -0.471. The summed E-state index contributed by atoms with van der Waals surface area (Å²) in [6.07, 6.45) is 0.646. The molecule has 3 aromatic rings. The molecule has 0 unspecified atom stereocenters. The number of aryl methyl sites for hydroxylation is 1. The van der Waals surface area contributed by atoms with Gasteiger partial charge in [-0.2, -0.15) is 4.98 Å². The molecule has 0 amide bonds. The normalized spacial score (nSPS) is 11.2. The molecule has 3 rings (SSSR count).